The molecule has 0 N–H and O–H groups in total. The molecule has 0 bridgehead atoms. The van der Waals surface area contributed by atoms with E-state index < -0.39 is 0 Å². The lowest BCUT2D eigenvalue weighted by Gasteiger charge is -1.90. The van der Waals surface area contributed by atoms with Crippen molar-refractivity contribution in [3.63, 3.8) is 0 Å². The second-order valence-electron chi connectivity index (χ2n) is 1.46. The lowest BCUT2D eigenvalue weighted by Crippen LogP contribution is -2.03. The molecule has 0 aromatic heterocycles. The molecule has 0 aliphatic heterocycles. The maximum absolute atomic E-state index is 4.91. The van der Waals surface area contributed by atoms with E-state index in [4.69, 9.17) is 4.84 Å². The quantitative estimate of drug-likeness (QED) is 0.290. The van der Waals surface area contributed by atoms with E-state index in [2.05, 4.69) is 13.6 Å². The molecule has 0 unspecified atom stereocenters. The van der Waals surface area contributed by atoms with Crippen molar-refractivity contribution in [2.45, 2.75) is 13.3 Å². The van der Waals surface area contributed by atoms with E-state index in [1.807, 2.05) is 0 Å². The number of hydrogen-bond donors (Lipinski definition) is 0. The Labute approximate surface area is 44.4 Å². The van der Waals surface area contributed by atoms with E-state index in [0.717, 1.165) is 13.0 Å². The molecule has 2 heteroatoms. The predicted molar refractivity (Wildman–Crippen MR) is 29.5 cm³/mol. The van der Waals surface area contributed by atoms with Gasteiger partial charge in [0, 0.05) is 0 Å². The standard InChI is InChI=1S/C5H12NO/c1-4-5-7-6(2)3/h2,4-5H2,1,3H3/q+1. The summed E-state index contributed by atoms with van der Waals surface area (Å²) in [6.07, 6.45) is 1.04. The summed E-state index contributed by atoms with van der Waals surface area (Å²) < 4.78 is 1.46. The zero-order chi connectivity index (χ0) is 5.70. The normalized spacial score (nSPS) is 8.29. The minimum absolute atomic E-state index is 0.764. The zero-order valence-electron chi connectivity index (χ0n) is 4.98. The molecule has 0 radical (unpaired) electrons. The van der Waals surface area contributed by atoms with E-state index in [1.165, 1.54) is 4.74 Å². The molecule has 0 atom stereocenters. The fourth-order valence-corrected chi connectivity index (χ4v) is 0.247. The number of hydrogen-bond acceptors (Lipinski definition) is 1. The number of nitrogens with zero attached hydrogens (tertiary/aromatic N) is 1. The van der Waals surface area contributed by atoms with E-state index in [9.17, 15) is 0 Å². The highest BCUT2D eigenvalue weighted by molar-refractivity contribution is 5.13. The van der Waals surface area contributed by atoms with Crippen LogP contribution in [-0.2, 0) is 4.84 Å². The van der Waals surface area contributed by atoms with Crippen LogP contribution in [0.25, 0.3) is 0 Å². The van der Waals surface area contributed by atoms with Crippen molar-refractivity contribution >= 4 is 6.72 Å². The van der Waals surface area contributed by atoms with Crippen LogP contribution >= 0.6 is 0 Å². The van der Waals surface area contributed by atoms with Crippen molar-refractivity contribution in [3.8, 4) is 0 Å². The van der Waals surface area contributed by atoms with Gasteiger partial charge in [-0.3, -0.25) is 4.84 Å². The summed E-state index contributed by atoms with van der Waals surface area (Å²) in [5.74, 6) is 0. The molecule has 0 rings (SSSR count). The fraction of sp³-hybridized carbons (Fsp3) is 0.800. The average Bonchev–Trinajstić information content (AvgIpc) is 1.61. The van der Waals surface area contributed by atoms with Gasteiger partial charge in [-0.2, -0.15) is 0 Å². The molecule has 0 spiro atoms. The van der Waals surface area contributed by atoms with Gasteiger partial charge in [0.15, 0.2) is 20.4 Å². The van der Waals surface area contributed by atoms with Crippen molar-refractivity contribution in [2.75, 3.05) is 13.7 Å². The van der Waals surface area contributed by atoms with Crippen LogP contribution in [0.15, 0.2) is 0 Å². The van der Waals surface area contributed by atoms with Gasteiger partial charge in [-0.25, -0.2) is 0 Å². The highest BCUT2D eigenvalue weighted by Gasteiger charge is 1.84. The van der Waals surface area contributed by atoms with Gasteiger partial charge < -0.3 is 0 Å². The summed E-state index contributed by atoms with van der Waals surface area (Å²) >= 11 is 0. The van der Waals surface area contributed by atoms with Gasteiger partial charge in [-0.05, 0) is 11.2 Å². The van der Waals surface area contributed by atoms with Gasteiger partial charge in [0.05, 0.1) is 0 Å². The Kier molecular flexibility index (Phi) is 3.38. The summed E-state index contributed by atoms with van der Waals surface area (Å²) in [6.45, 7) is 6.31. The molecule has 0 aromatic rings. The number of hydroxylamine groups is 1. The molecule has 0 fully saturated rings. The molecule has 0 aromatic carbocycles. The van der Waals surface area contributed by atoms with Crippen LogP contribution in [0.1, 0.15) is 13.3 Å². The first-order valence-corrected chi connectivity index (χ1v) is 2.44. The lowest BCUT2D eigenvalue weighted by molar-refractivity contribution is -0.762. The van der Waals surface area contributed by atoms with Gasteiger partial charge in [0.2, 0.25) is 0 Å². The Balaban J connectivity index is 2.82. The summed E-state index contributed by atoms with van der Waals surface area (Å²) in [4.78, 5) is 4.91. The van der Waals surface area contributed by atoms with Crippen molar-refractivity contribution in [2.24, 2.45) is 0 Å². The molecule has 2 nitrogen and oxygen atoms in total. The minimum Gasteiger partial charge on any atom is -0.278 e. The fourth-order valence-electron chi connectivity index (χ4n) is 0.247. The Morgan fingerprint density at radius 2 is 2.29 bits per heavy atom. The van der Waals surface area contributed by atoms with Crippen molar-refractivity contribution in [1.29, 1.82) is 0 Å². The second kappa shape index (κ2) is 3.65. The molecule has 0 aliphatic rings. The highest BCUT2D eigenvalue weighted by Crippen LogP contribution is 1.75. The van der Waals surface area contributed by atoms with Crippen molar-refractivity contribution in [3.05, 3.63) is 0 Å². The maximum Gasteiger partial charge on any atom is 0.182 e. The number of rotatable bonds is 3. The van der Waals surface area contributed by atoms with Crippen LogP contribution in [-0.4, -0.2) is 25.1 Å². The SMILES string of the molecule is C=[N+](C)OCCC. The third-order valence-electron chi connectivity index (χ3n) is 0.516. The average molecular weight is 102 g/mol. The van der Waals surface area contributed by atoms with Gasteiger partial charge in [-0.1, -0.05) is 6.92 Å². The van der Waals surface area contributed by atoms with Gasteiger partial charge in [-0.15, -0.1) is 0 Å². The summed E-state index contributed by atoms with van der Waals surface area (Å²) in [6, 6.07) is 0. The van der Waals surface area contributed by atoms with E-state index in [0.29, 0.717) is 0 Å². The van der Waals surface area contributed by atoms with Gasteiger partial charge in [0.1, 0.15) is 0 Å². The smallest absolute Gasteiger partial charge is 0.182 e. The van der Waals surface area contributed by atoms with E-state index in [1.54, 1.807) is 7.05 Å². The zero-order valence-corrected chi connectivity index (χ0v) is 4.98. The topological polar surface area (TPSA) is 12.2 Å². The first-order valence-electron chi connectivity index (χ1n) is 2.44. The van der Waals surface area contributed by atoms with Gasteiger partial charge >= 0.3 is 0 Å². The largest absolute Gasteiger partial charge is 0.278 e. The first kappa shape index (κ1) is 6.47. The van der Waals surface area contributed by atoms with Gasteiger partial charge in [0.25, 0.3) is 0 Å². The summed E-state index contributed by atoms with van der Waals surface area (Å²) in [5, 5.41) is 0. The minimum atomic E-state index is 0.764. The third-order valence-corrected chi connectivity index (χ3v) is 0.516. The summed E-state index contributed by atoms with van der Waals surface area (Å²) in [5.41, 5.74) is 0. The van der Waals surface area contributed by atoms with Crippen LogP contribution in [0.4, 0.5) is 0 Å². The molecule has 0 saturated carbocycles. The van der Waals surface area contributed by atoms with Crippen LogP contribution in [0.3, 0.4) is 0 Å². The molecular formula is C5H12NO+. The van der Waals surface area contributed by atoms with E-state index in [-0.39, 0.29) is 0 Å². The van der Waals surface area contributed by atoms with Crippen LogP contribution < -0.4 is 0 Å². The molecular weight excluding hydrogens is 90.1 g/mol. The maximum atomic E-state index is 4.91. The highest BCUT2D eigenvalue weighted by atomic mass is 16.7. The Morgan fingerprint density at radius 3 is 2.43 bits per heavy atom. The predicted octanol–water partition coefficient (Wildman–Crippen LogP) is 0.671. The second-order valence-corrected chi connectivity index (χ2v) is 1.46. The molecule has 7 heavy (non-hydrogen) atoms. The monoisotopic (exact) mass is 102 g/mol. The first-order chi connectivity index (χ1) is 3.27. The summed E-state index contributed by atoms with van der Waals surface area (Å²) in [7, 11) is 1.77. The molecule has 0 saturated heterocycles. The van der Waals surface area contributed by atoms with Crippen molar-refractivity contribution < 1.29 is 9.58 Å². The van der Waals surface area contributed by atoms with Crippen LogP contribution in [0.5, 0.6) is 0 Å². The van der Waals surface area contributed by atoms with E-state index >= 15 is 0 Å². The third kappa shape index (κ3) is 5.47. The molecule has 0 aliphatic carbocycles. The Hall–Kier alpha value is -0.530. The molecule has 0 heterocycles. The molecule has 0 amide bonds. The molecule has 42 valence electrons. The van der Waals surface area contributed by atoms with Crippen LogP contribution in [0.2, 0.25) is 0 Å². The van der Waals surface area contributed by atoms with Crippen LogP contribution in [0, 0.1) is 0 Å². The lowest BCUT2D eigenvalue weighted by atomic mass is 10.5. The Bertz CT molecular complexity index is 61.1. The Morgan fingerprint density at radius 1 is 1.71 bits per heavy atom. The van der Waals surface area contributed by atoms with Crippen molar-refractivity contribution in [1.82, 2.24) is 0 Å².